The monoisotopic (exact) mass is 876 g/mol. The van der Waals surface area contributed by atoms with E-state index in [1.165, 1.54) is 4.90 Å². The number of unbranched alkanes of at least 4 members (excludes halogenated alkanes) is 3. The highest BCUT2D eigenvalue weighted by atomic mass is 32.2. The highest BCUT2D eigenvalue weighted by molar-refractivity contribution is 7.91. The molecule has 2 aliphatic carbocycles. The summed E-state index contributed by atoms with van der Waals surface area (Å²) in [5.41, 5.74) is 5.36. The predicted octanol–water partition coefficient (Wildman–Crippen LogP) is 5.68. The molecule has 0 aromatic carbocycles. The zero-order valence-corrected chi connectivity index (χ0v) is 39.5. The smallest absolute Gasteiger partial charge is 0.408 e. The number of sulfonamides is 1. The van der Waals surface area contributed by atoms with Gasteiger partial charge in [-0.25, -0.2) is 13.2 Å². The first-order valence-corrected chi connectivity index (χ1v) is 23.6. The standard InChI is InChI=1S/C44H73N7O9S/c1-13-28-25-43(28,12)38(55)49-61(57,58)44(21-22-44)20-18-16-17-19-23-46-36(53)30(14-2)33-31(15-3)51(27(4)5)39(47-33)59-29-24-32(35(45)52)50(26-29)37(54)34(41(6,7)8)48-40(56)60-42(9,10)11/h14,27-29,32,34H,13,15-26H2,1-12H3,(H2,45,52)(H,46,53)(H,48,56)(H,49,55). The van der Waals surface area contributed by atoms with Crippen LogP contribution in [0.25, 0.3) is 5.57 Å². The van der Waals surface area contributed by atoms with Gasteiger partial charge in [-0.3, -0.25) is 28.5 Å². The van der Waals surface area contributed by atoms with Gasteiger partial charge in [-0.1, -0.05) is 73.3 Å². The fourth-order valence-electron chi connectivity index (χ4n) is 8.46. The number of hydrogen-bond donors (Lipinski definition) is 4. The molecule has 344 valence electrons. The average molecular weight is 876 g/mol. The molecule has 1 aromatic rings. The molecule has 5 unspecified atom stereocenters. The normalized spacial score (nSPS) is 23.0. The molecule has 1 aliphatic heterocycles. The van der Waals surface area contributed by atoms with Gasteiger partial charge in [0.25, 0.3) is 11.9 Å². The van der Waals surface area contributed by atoms with Gasteiger partial charge in [-0.15, -0.1) is 0 Å². The van der Waals surface area contributed by atoms with Gasteiger partial charge in [0.2, 0.25) is 27.7 Å². The minimum absolute atomic E-state index is 0.0139. The fourth-order valence-corrected chi connectivity index (χ4v) is 10.2. The first kappa shape index (κ1) is 49.5. The van der Waals surface area contributed by atoms with Crippen LogP contribution in [0, 0.1) is 16.7 Å². The molecule has 61 heavy (non-hydrogen) atoms. The SMILES string of the molecule is CC=C(C(=O)NCCCCCCC1(S(=O)(=O)NC(=O)C2(C)CC2CC)CC1)c1nc(OC2CC(C(N)=O)N(C(=O)C(NC(=O)OC(C)(C)C)C(C)(C)C)C2)n(C(C)C)c1CC. The average Bonchev–Trinajstić information content (AvgIpc) is 3.99. The summed E-state index contributed by atoms with van der Waals surface area (Å²) in [6, 6.07) is -1.89. The number of carbonyl (C=O) groups is 5. The number of amides is 5. The highest BCUT2D eigenvalue weighted by Gasteiger charge is 2.59. The number of nitrogens with two attached hydrogens (primary N) is 1. The van der Waals surface area contributed by atoms with E-state index in [1.807, 2.05) is 39.2 Å². The second kappa shape index (κ2) is 19.1. The first-order chi connectivity index (χ1) is 28.3. The van der Waals surface area contributed by atoms with E-state index in [2.05, 4.69) is 15.4 Å². The number of carbonyl (C=O) groups excluding carboxylic acids is 5. The number of allylic oxidation sites excluding steroid dienone is 1. The lowest BCUT2D eigenvalue weighted by Crippen LogP contribution is -2.58. The van der Waals surface area contributed by atoms with Crippen molar-refractivity contribution in [3.63, 3.8) is 0 Å². The summed E-state index contributed by atoms with van der Waals surface area (Å²) in [6.07, 6.45) is 7.14. The molecular formula is C44H73N7O9S. The Morgan fingerprint density at radius 1 is 1.02 bits per heavy atom. The number of hydrogen-bond acceptors (Lipinski definition) is 10. The molecular weight excluding hydrogens is 803 g/mol. The van der Waals surface area contributed by atoms with Gasteiger partial charge in [0.05, 0.1) is 22.3 Å². The van der Waals surface area contributed by atoms with Crippen LogP contribution in [0.15, 0.2) is 6.08 Å². The van der Waals surface area contributed by atoms with Gasteiger partial charge < -0.3 is 30.7 Å². The number of likely N-dealkylation sites (tertiary alicyclic amines) is 1. The van der Waals surface area contributed by atoms with Gasteiger partial charge in [-0.05, 0) is 91.4 Å². The second-order valence-electron chi connectivity index (χ2n) is 19.8. The van der Waals surface area contributed by atoms with Crippen LogP contribution < -0.4 is 25.8 Å². The minimum atomic E-state index is -3.75. The van der Waals surface area contributed by atoms with Crippen molar-refractivity contribution < 1.29 is 41.9 Å². The number of rotatable bonds is 20. The van der Waals surface area contributed by atoms with Crippen molar-refractivity contribution in [1.82, 2.24) is 29.8 Å². The van der Waals surface area contributed by atoms with Crippen molar-refractivity contribution in [1.29, 1.82) is 0 Å². The van der Waals surface area contributed by atoms with E-state index in [9.17, 15) is 32.4 Å². The van der Waals surface area contributed by atoms with Gasteiger partial charge in [0, 0.05) is 24.7 Å². The zero-order valence-electron chi connectivity index (χ0n) is 38.7. The Labute approximate surface area is 363 Å². The summed E-state index contributed by atoms with van der Waals surface area (Å²) in [6.45, 7) is 22.6. The molecule has 2 heterocycles. The summed E-state index contributed by atoms with van der Waals surface area (Å²) in [5.74, 6) is -1.62. The second-order valence-corrected chi connectivity index (χ2v) is 21.9. The van der Waals surface area contributed by atoms with Gasteiger partial charge in [-0.2, -0.15) is 4.98 Å². The molecule has 5 N–H and O–H groups in total. The molecule has 1 saturated heterocycles. The summed E-state index contributed by atoms with van der Waals surface area (Å²) < 4.78 is 41.8. The molecule has 4 rings (SSSR count). The van der Waals surface area contributed by atoms with Crippen LogP contribution in [0.4, 0.5) is 4.79 Å². The fraction of sp³-hybridized carbons (Fsp3) is 0.773. The Morgan fingerprint density at radius 3 is 2.16 bits per heavy atom. The first-order valence-electron chi connectivity index (χ1n) is 22.1. The van der Waals surface area contributed by atoms with Crippen LogP contribution in [-0.2, 0) is 40.4 Å². The number of nitrogens with one attached hydrogen (secondary N) is 3. The molecule has 0 spiro atoms. The molecule has 3 fully saturated rings. The molecule has 0 radical (unpaired) electrons. The molecule has 0 bridgehead atoms. The topological polar surface area (TPSA) is 221 Å². The largest absolute Gasteiger partial charge is 0.459 e. The lowest BCUT2D eigenvalue weighted by atomic mass is 9.85. The maximum atomic E-state index is 14.1. The van der Waals surface area contributed by atoms with Crippen molar-refractivity contribution in [3.8, 4) is 6.01 Å². The molecule has 3 aliphatic rings. The van der Waals surface area contributed by atoms with Crippen molar-refractivity contribution in [2.75, 3.05) is 13.1 Å². The van der Waals surface area contributed by atoms with Crippen LogP contribution >= 0.6 is 0 Å². The van der Waals surface area contributed by atoms with E-state index in [-0.39, 0.29) is 42.8 Å². The summed E-state index contributed by atoms with van der Waals surface area (Å²) in [5, 5.41) is 5.72. The Kier molecular flexibility index (Phi) is 15.5. The van der Waals surface area contributed by atoms with E-state index < -0.39 is 67.3 Å². The van der Waals surface area contributed by atoms with Crippen molar-refractivity contribution in [2.24, 2.45) is 22.5 Å². The maximum Gasteiger partial charge on any atom is 0.408 e. The minimum Gasteiger partial charge on any atom is -0.459 e. The quantitative estimate of drug-likeness (QED) is 0.0927. The molecule has 1 aromatic heterocycles. The van der Waals surface area contributed by atoms with Crippen molar-refractivity contribution in [2.45, 2.75) is 188 Å². The molecule has 5 atom stereocenters. The molecule has 16 nitrogen and oxygen atoms in total. The lowest BCUT2D eigenvalue weighted by molar-refractivity contribution is -0.141. The van der Waals surface area contributed by atoms with Crippen molar-refractivity contribution in [3.05, 3.63) is 17.5 Å². The summed E-state index contributed by atoms with van der Waals surface area (Å²) in [7, 11) is -3.75. The number of primary amides is 1. The van der Waals surface area contributed by atoms with E-state index in [0.717, 1.165) is 31.4 Å². The molecule has 5 amide bonds. The third kappa shape index (κ3) is 11.7. The van der Waals surface area contributed by atoms with Crippen LogP contribution in [0.1, 0.15) is 165 Å². The number of alkyl carbamates (subject to hydrolysis) is 1. The van der Waals surface area contributed by atoms with E-state index in [4.69, 9.17) is 20.2 Å². The van der Waals surface area contributed by atoms with Gasteiger partial charge in [0.1, 0.15) is 29.5 Å². The Balaban J connectivity index is 1.37. The Bertz CT molecular complexity index is 1940. The summed E-state index contributed by atoms with van der Waals surface area (Å²) >= 11 is 0. The van der Waals surface area contributed by atoms with Crippen LogP contribution in [0.5, 0.6) is 6.01 Å². The Morgan fingerprint density at radius 2 is 1.66 bits per heavy atom. The third-order valence-electron chi connectivity index (χ3n) is 12.4. The molecule has 17 heteroatoms. The van der Waals surface area contributed by atoms with E-state index in [0.29, 0.717) is 56.3 Å². The van der Waals surface area contributed by atoms with Crippen LogP contribution in [0.2, 0.25) is 0 Å². The number of nitrogens with zero attached hydrogens (tertiary/aromatic N) is 3. The van der Waals surface area contributed by atoms with Gasteiger partial charge >= 0.3 is 6.09 Å². The van der Waals surface area contributed by atoms with E-state index in [1.54, 1.807) is 54.5 Å². The number of imidazole rings is 1. The van der Waals surface area contributed by atoms with E-state index >= 15 is 0 Å². The van der Waals surface area contributed by atoms with Gasteiger partial charge in [0.15, 0.2) is 0 Å². The predicted molar refractivity (Wildman–Crippen MR) is 234 cm³/mol. The maximum absolute atomic E-state index is 14.1. The number of aromatic nitrogens is 2. The Hall–Kier alpha value is -4.15. The van der Waals surface area contributed by atoms with Crippen LogP contribution in [-0.4, -0.2) is 94.2 Å². The highest BCUT2D eigenvalue weighted by Crippen LogP contribution is 2.55. The van der Waals surface area contributed by atoms with Crippen molar-refractivity contribution >= 4 is 45.3 Å². The third-order valence-corrected chi connectivity index (χ3v) is 14.6. The zero-order chi connectivity index (χ0) is 45.9. The lowest BCUT2D eigenvalue weighted by Gasteiger charge is -2.35. The molecule has 2 saturated carbocycles. The van der Waals surface area contributed by atoms with Crippen LogP contribution in [0.3, 0.4) is 0 Å². The summed E-state index contributed by atoms with van der Waals surface area (Å²) in [4.78, 5) is 72.3. The number of ether oxygens (including phenoxy) is 2.